The first kappa shape index (κ1) is 11.6. The zero-order chi connectivity index (χ0) is 11.4. The molecule has 0 amide bonds. The Balaban J connectivity index is 2.08. The standard InChI is InChI=1S/C12H15ClN2O/c13-11-2-1-4-15-12(11)6-10-7-14-5-3-9(10)8-16/h1-2,4,8-10,14H,3,5-7H2. The second kappa shape index (κ2) is 5.41. The predicted molar refractivity (Wildman–Crippen MR) is 63.5 cm³/mol. The van der Waals surface area contributed by atoms with Crippen LogP contribution < -0.4 is 5.32 Å². The van der Waals surface area contributed by atoms with Crippen molar-refractivity contribution in [3.63, 3.8) is 0 Å². The van der Waals surface area contributed by atoms with Crippen LogP contribution in [0.15, 0.2) is 18.3 Å². The van der Waals surface area contributed by atoms with E-state index >= 15 is 0 Å². The number of aldehydes is 1. The Labute approximate surface area is 100 Å². The molecule has 0 spiro atoms. The normalized spacial score (nSPS) is 25.3. The largest absolute Gasteiger partial charge is 0.316 e. The molecule has 2 unspecified atom stereocenters. The van der Waals surface area contributed by atoms with E-state index in [4.69, 9.17) is 11.6 Å². The molecule has 0 saturated carbocycles. The van der Waals surface area contributed by atoms with Crippen LogP contribution in [0.4, 0.5) is 0 Å². The summed E-state index contributed by atoms with van der Waals surface area (Å²) in [5.74, 6) is 0.456. The topological polar surface area (TPSA) is 42.0 Å². The van der Waals surface area contributed by atoms with E-state index in [9.17, 15) is 4.79 Å². The zero-order valence-electron chi connectivity index (χ0n) is 9.03. The number of rotatable bonds is 3. The third-order valence-corrected chi connectivity index (χ3v) is 3.48. The molecule has 1 N–H and O–H groups in total. The first-order valence-electron chi connectivity index (χ1n) is 5.56. The van der Waals surface area contributed by atoms with Crippen molar-refractivity contribution in [2.75, 3.05) is 13.1 Å². The average Bonchev–Trinajstić information content (AvgIpc) is 2.33. The van der Waals surface area contributed by atoms with Gasteiger partial charge < -0.3 is 10.1 Å². The molecule has 0 aliphatic carbocycles. The maximum atomic E-state index is 11.0. The number of carbonyl (C=O) groups excluding carboxylic acids is 1. The van der Waals surface area contributed by atoms with Gasteiger partial charge >= 0.3 is 0 Å². The number of nitrogens with zero attached hydrogens (tertiary/aromatic N) is 1. The summed E-state index contributed by atoms with van der Waals surface area (Å²) in [6.45, 7) is 1.80. The van der Waals surface area contributed by atoms with Crippen LogP contribution in [0.25, 0.3) is 0 Å². The minimum Gasteiger partial charge on any atom is -0.316 e. The van der Waals surface area contributed by atoms with Gasteiger partial charge in [0.05, 0.1) is 10.7 Å². The highest BCUT2D eigenvalue weighted by Gasteiger charge is 2.25. The molecule has 16 heavy (non-hydrogen) atoms. The molecule has 1 aliphatic rings. The van der Waals surface area contributed by atoms with Crippen molar-refractivity contribution < 1.29 is 4.79 Å². The molecule has 3 nitrogen and oxygen atoms in total. The van der Waals surface area contributed by atoms with E-state index in [1.54, 1.807) is 6.20 Å². The van der Waals surface area contributed by atoms with Gasteiger partial charge in [0, 0.05) is 12.1 Å². The fourth-order valence-corrected chi connectivity index (χ4v) is 2.36. The first-order chi connectivity index (χ1) is 7.81. The van der Waals surface area contributed by atoms with Crippen molar-refractivity contribution in [1.82, 2.24) is 10.3 Å². The molecule has 2 rings (SSSR count). The van der Waals surface area contributed by atoms with Crippen molar-refractivity contribution in [1.29, 1.82) is 0 Å². The van der Waals surface area contributed by atoms with Crippen molar-refractivity contribution in [3.8, 4) is 0 Å². The van der Waals surface area contributed by atoms with Crippen LogP contribution in [-0.4, -0.2) is 24.4 Å². The van der Waals surface area contributed by atoms with Crippen LogP contribution in [0.1, 0.15) is 12.1 Å². The summed E-state index contributed by atoms with van der Waals surface area (Å²) in [5.41, 5.74) is 0.893. The first-order valence-corrected chi connectivity index (χ1v) is 5.94. The van der Waals surface area contributed by atoms with E-state index < -0.39 is 0 Å². The lowest BCUT2D eigenvalue weighted by atomic mass is 9.84. The molecular weight excluding hydrogens is 224 g/mol. The van der Waals surface area contributed by atoms with Crippen molar-refractivity contribution >= 4 is 17.9 Å². The van der Waals surface area contributed by atoms with E-state index in [1.807, 2.05) is 12.1 Å². The van der Waals surface area contributed by atoms with Gasteiger partial charge in [-0.05, 0) is 44.0 Å². The maximum absolute atomic E-state index is 11.0. The van der Waals surface area contributed by atoms with Crippen LogP contribution in [0.2, 0.25) is 5.02 Å². The Hall–Kier alpha value is -0.930. The highest BCUT2D eigenvalue weighted by Crippen LogP contribution is 2.23. The lowest BCUT2D eigenvalue weighted by Gasteiger charge is -2.28. The third kappa shape index (κ3) is 2.60. The van der Waals surface area contributed by atoms with Gasteiger partial charge in [0.15, 0.2) is 0 Å². The SMILES string of the molecule is O=CC1CCNCC1Cc1ncccc1Cl. The summed E-state index contributed by atoms with van der Waals surface area (Å²) < 4.78 is 0. The van der Waals surface area contributed by atoms with Crippen LogP contribution in [0.5, 0.6) is 0 Å². The van der Waals surface area contributed by atoms with E-state index in [-0.39, 0.29) is 5.92 Å². The second-order valence-electron chi connectivity index (χ2n) is 4.19. The van der Waals surface area contributed by atoms with Gasteiger partial charge in [0.25, 0.3) is 0 Å². The number of hydrogen-bond acceptors (Lipinski definition) is 3. The van der Waals surface area contributed by atoms with E-state index in [2.05, 4.69) is 10.3 Å². The van der Waals surface area contributed by atoms with Gasteiger partial charge in [0.1, 0.15) is 6.29 Å². The molecule has 1 fully saturated rings. The molecule has 2 atom stereocenters. The molecule has 4 heteroatoms. The molecule has 1 aromatic heterocycles. The lowest BCUT2D eigenvalue weighted by molar-refractivity contribution is -0.113. The minimum absolute atomic E-state index is 0.138. The number of aromatic nitrogens is 1. The summed E-state index contributed by atoms with van der Waals surface area (Å²) >= 11 is 6.06. The highest BCUT2D eigenvalue weighted by molar-refractivity contribution is 6.31. The van der Waals surface area contributed by atoms with Gasteiger partial charge in [-0.2, -0.15) is 0 Å². The van der Waals surface area contributed by atoms with E-state index in [0.29, 0.717) is 10.9 Å². The summed E-state index contributed by atoms with van der Waals surface area (Å²) in [7, 11) is 0. The number of pyridine rings is 1. The molecule has 0 radical (unpaired) electrons. The third-order valence-electron chi connectivity index (χ3n) is 3.13. The monoisotopic (exact) mass is 238 g/mol. The molecule has 1 aromatic rings. The highest BCUT2D eigenvalue weighted by atomic mass is 35.5. The summed E-state index contributed by atoms with van der Waals surface area (Å²) in [4.78, 5) is 15.2. The van der Waals surface area contributed by atoms with Crippen LogP contribution >= 0.6 is 11.6 Å². The van der Waals surface area contributed by atoms with Gasteiger partial charge in [-0.15, -0.1) is 0 Å². The number of nitrogens with one attached hydrogen (secondary N) is 1. The van der Waals surface area contributed by atoms with E-state index in [1.165, 1.54) is 0 Å². The minimum atomic E-state index is 0.138. The molecule has 0 bridgehead atoms. The second-order valence-corrected chi connectivity index (χ2v) is 4.60. The molecule has 1 aliphatic heterocycles. The molecule has 0 aromatic carbocycles. The number of carbonyl (C=O) groups is 1. The summed E-state index contributed by atoms with van der Waals surface area (Å²) in [5, 5.41) is 4.00. The molecule has 1 saturated heterocycles. The van der Waals surface area contributed by atoms with Gasteiger partial charge in [-0.1, -0.05) is 11.6 Å². The molecule has 2 heterocycles. The summed E-state index contributed by atoms with van der Waals surface area (Å²) in [6.07, 6.45) is 4.50. The molecule has 86 valence electrons. The Kier molecular flexibility index (Phi) is 3.91. The summed E-state index contributed by atoms with van der Waals surface area (Å²) in [6, 6.07) is 3.66. The Morgan fingerprint density at radius 3 is 3.25 bits per heavy atom. The van der Waals surface area contributed by atoms with Crippen LogP contribution in [0, 0.1) is 11.8 Å². The Morgan fingerprint density at radius 2 is 2.50 bits per heavy atom. The van der Waals surface area contributed by atoms with Gasteiger partial charge in [-0.3, -0.25) is 4.98 Å². The van der Waals surface area contributed by atoms with Crippen molar-refractivity contribution in [2.45, 2.75) is 12.8 Å². The van der Waals surface area contributed by atoms with E-state index in [0.717, 1.165) is 37.9 Å². The number of halogens is 1. The molecular formula is C12H15ClN2O. The quantitative estimate of drug-likeness (QED) is 0.816. The Bertz CT molecular complexity index is 370. The number of piperidine rings is 1. The van der Waals surface area contributed by atoms with Gasteiger partial charge in [-0.25, -0.2) is 0 Å². The smallest absolute Gasteiger partial charge is 0.123 e. The van der Waals surface area contributed by atoms with Crippen LogP contribution in [-0.2, 0) is 11.2 Å². The van der Waals surface area contributed by atoms with Crippen molar-refractivity contribution in [2.24, 2.45) is 11.8 Å². The van der Waals surface area contributed by atoms with Gasteiger partial charge in [0.2, 0.25) is 0 Å². The predicted octanol–water partition coefficient (Wildman–Crippen LogP) is 1.70. The van der Waals surface area contributed by atoms with Crippen LogP contribution in [0.3, 0.4) is 0 Å². The average molecular weight is 239 g/mol. The maximum Gasteiger partial charge on any atom is 0.123 e. The van der Waals surface area contributed by atoms with Crippen molar-refractivity contribution in [3.05, 3.63) is 29.0 Å². The lowest BCUT2D eigenvalue weighted by Crippen LogP contribution is -2.38. The zero-order valence-corrected chi connectivity index (χ0v) is 9.78. The fourth-order valence-electron chi connectivity index (χ4n) is 2.16. The fraction of sp³-hybridized carbons (Fsp3) is 0.500. The number of hydrogen-bond donors (Lipinski definition) is 1. The Morgan fingerprint density at radius 1 is 1.62 bits per heavy atom.